The first kappa shape index (κ1) is 8.13. The topological polar surface area (TPSA) is 42.9 Å². The summed E-state index contributed by atoms with van der Waals surface area (Å²) in [6, 6.07) is 5.07. The second-order valence-electron chi connectivity index (χ2n) is 2.56. The molecule has 0 bridgehead atoms. The maximum atomic E-state index is 10.4. The van der Waals surface area contributed by atoms with E-state index in [9.17, 15) is 4.79 Å². The van der Waals surface area contributed by atoms with Crippen LogP contribution < -0.4 is 0 Å². The van der Waals surface area contributed by atoms with E-state index in [-0.39, 0.29) is 0 Å². The quantitative estimate of drug-likeness (QED) is 0.650. The van der Waals surface area contributed by atoms with E-state index in [4.69, 9.17) is 11.6 Å². The molecule has 1 aromatic heterocycles. The summed E-state index contributed by atoms with van der Waals surface area (Å²) in [5.41, 5.74) is 1.95. The van der Waals surface area contributed by atoms with Gasteiger partial charge in [-0.1, -0.05) is 11.6 Å². The molecule has 0 fully saturated rings. The predicted molar refractivity (Wildman–Crippen MR) is 49.9 cm³/mol. The molecule has 0 N–H and O–H groups in total. The van der Waals surface area contributed by atoms with Gasteiger partial charge in [0.05, 0.1) is 17.2 Å². The number of rotatable bonds is 1. The first-order valence-electron chi connectivity index (χ1n) is 3.67. The van der Waals surface area contributed by atoms with Crippen LogP contribution in [0.3, 0.4) is 0 Å². The van der Waals surface area contributed by atoms with Crippen molar-refractivity contribution in [3.63, 3.8) is 0 Å². The molecule has 3 nitrogen and oxygen atoms in total. The Kier molecular flexibility index (Phi) is 1.94. The molecule has 2 rings (SSSR count). The Balaban J connectivity index is 2.73. The number of hydrogen-bond donors (Lipinski definition) is 0. The van der Waals surface area contributed by atoms with Crippen molar-refractivity contribution in [1.29, 1.82) is 0 Å². The van der Waals surface area contributed by atoms with Crippen LogP contribution in [-0.2, 0) is 0 Å². The van der Waals surface area contributed by atoms with Gasteiger partial charge in [0.1, 0.15) is 11.4 Å². The molecule has 0 radical (unpaired) electrons. The third-order valence-electron chi connectivity index (χ3n) is 1.67. The van der Waals surface area contributed by atoms with Crippen LogP contribution in [0.4, 0.5) is 0 Å². The fourth-order valence-electron chi connectivity index (χ4n) is 1.08. The van der Waals surface area contributed by atoms with Gasteiger partial charge in [0.25, 0.3) is 0 Å². The Morgan fingerprint density at radius 3 is 2.92 bits per heavy atom. The van der Waals surface area contributed by atoms with Gasteiger partial charge in [-0.25, -0.2) is 4.98 Å². The van der Waals surface area contributed by atoms with Gasteiger partial charge < -0.3 is 0 Å². The van der Waals surface area contributed by atoms with E-state index in [2.05, 4.69) is 9.97 Å². The van der Waals surface area contributed by atoms with Crippen molar-refractivity contribution >= 4 is 28.9 Å². The van der Waals surface area contributed by atoms with Crippen LogP contribution in [0.25, 0.3) is 11.0 Å². The molecule has 1 heterocycles. The lowest BCUT2D eigenvalue weighted by Gasteiger charge is -1.96. The zero-order chi connectivity index (χ0) is 9.26. The fourth-order valence-corrected chi connectivity index (χ4v) is 1.22. The first-order valence-corrected chi connectivity index (χ1v) is 4.05. The van der Waals surface area contributed by atoms with E-state index in [1.54, 1.807) is 18.2 Å². The monoisotopic (exact) mass is 192 g/mol. The smallest absolute Gasteiger partial charge is 0.150 e. The highest BCUT2D eigenvalue weighted by Crippen LogP contribution is 2.13. The molecule has 0 aliphatic carbocycles. The molecule has 0 unspecified atom stereocenters. The normalized spacial score (nSPS) is 10.2. The molecule has 0 atom stereocenters. The van der Waals surface area contributed by atoms with E-state index in [1.165, 1.54) is 6.20 Å². The van der Waals surface area contributed by atoms with Gasteiger partial charge in [-0.3, -0.25) is 9.78 Å². The standard InChI is InChI=1S/C9H5ClN2O/c10-9-4-11-8-3-6(5-13)1-2-7(8)12-9/h1-5H. The van der Waals surface area contributed by atoms with Crippen molar-refractivity contribution in [2.45, 2.75) is 0 Å². The largest absolute Gasteiger partial charge is 0.298 e. The number of benzene rings is 1. The molecule has 0 saturated heterocycles. The van der Waals surface area contributed by atoms with E-state index in [0.717, 1.165) is 6.29 Å². The number of carbonyl (C=O) groups is 1. The molecular weight excluding hydrogens is 188 g/mol. The van der Waals surface area contributed by atoms with Crippen molar-refractivity contribution in [3.05, 3.63) is 35.1 Å². The highest BCUT2D eigenvalue weighted by Gasteiger charge is 1.98. The number of halogens is 1. The molecule has 0 aliphatic heterocycles. The molecule has 0 amide bonds. The Labute approximate surface area is 79.4 Å². The zero-order valence-electron chi connectivity index (χ0n) is 6.57. The average Bonchev–Trinajstić information content (AvgIpc) is 2.17. The van der Waals surface area contributed by atoms with Crippen molar-refractivity contribution in [2.75, 3.05) is 0 Å². The number of fused-ring (bicyclic) bond motifs is 1. The number of hydrogen-bond acceptors (Lipinski definition) is 3. The summed E-state index contributed by atoms with van der Waals surface area (Å²) >= 11 is 5.65. The van der Waals surface area contributed by atoms with E-state index < -0.39 is 0 Å². The first-order chi connectivity index (χ1) is 6.29. The van der Waals surface area contributed by atoms with E-state index in [1.807, 2.05) is 0 Å². The van der Waals surface area contributed by atoms with Gasteiger partial charge in [-0.2, -0.15) is 0 Å². The zero-order valence-corrected chi connectivity index (χ0v) is 7.32. The Hall–Kier alpha value is -1.48. The van der Waals surface area contributed by atoms with Crippen molar-refractivity contribution in [3.8, 4) is 0 Å². The summed E-state index contributed by atoms with van der Waals surface area (Å²) in [5, 5.41) is 0.353. The maximum absolute atomic E-state index is 10.4. The van der Waals surface area contributed by atoms with Gasteiger partial charge in [0.15, 0.2) is 0 Å². The summed E-state index contributed by atoms with van der Waals surface area (Å²) in [4.78, 5) is 18.5. The third-order valence-corrected chi connectivity index (χ3v) is 1.86. The fraction of sp³-hybridized carbons (Fsp3) is 0. The van der Waals surface area contributed by atoms with Crippen LogP contribution in [-0.4, -0.2) is 16.3 Å². The van der Waals surface area contributed by atoms with E-state index >= 15 is 0 Å². The van der Waals surface area contributed by atoms with Gasteiger partial charge in [0.2, 0.25) is 0 Å². The second-order valence-corrected chi connectivity index (χ2v) is 2.95. The minimum atomic E-state index is 0.353. The highest BCUT2D eigenvalue weighted by molar-refractivity contribution is 6.29. The Bertz CT molecular complexity index is 470. The lowest BCUT2D eigenvalue weighted by atomic mass is 10.2. The summed E-state index contributed by atoms with van der Waals surface area (Å²) in [6.45, 7) is 0. The highest BCUT2D eigenvalue weighted by atomic mass is 35.5. The minimum absolute atomic E-state index is 0.353. The number of nitrogens with zero attached hydrogens (tertiary/aromatic N) is 2. The average molecular weight is 193 g/mol. The Morgan fingerprint density at radius 2 is 2.15 bits per heavy atom. The lowest BCUT2D eigenvalue weighted by molar-refractivity contribution is 0.112. The summed E-state index contributed by atoms with van der Waals surface area (Å²) in [7, 11) is 0. The van der Waals surface area contributed by atoms with Crippen LogP contribution in [0.5, 0.6) is 0 Å². The second kappa shape index (κ2) is 3.11. The molecule has 13 heavy (non-hydrogen) atoms. The van der Waals surface area contributed by atoms with Crippen molar-refractivity contribution in [2.24, 2.45) is 0 Å². The summed E-state index contributed by atoms with van der Waals surface area (Å²) in [6.07, 6.45) is 2.23. The van der Waals surface area contributed by atoms with Crippen LogP contribution in [0.1, 0.15) is 10.4 Å². The Morgan fingerprint density at radius 1 is 1.31 bits per heavy atom. The van der Waals surface area contributed by atoms with Crippen LogP contribution in [0, 0.1) is 0 Å². The minimum Gasteiger partial charge on any atom is -0.298 e. The maximum Gasteiger partial charge on any atom is 0.150 e. The van der Waals surface area contributed by atoms with Gasteiger partial charge in [-0.15, -0.1) is 0 Å². The lowest BCUT2D eigenvalue weighted by Crippen LogP contribution is -1.86. The number of aldehydes is 1. The van der Waals surface area contributed by atoms with Crippen LogP contribution in [0.15, 0.2) is 24.4 Å². The van der Waals surface area contributed by atoms with Gasteiger partial charge in [0, 0.05) is 5.56 Å². The molecule has 64 valence electrons. The molecule has 2 aromatic rings. The summed E-state index contributed by atoms with van der Waals surface area (Å²) < 4.78 is 0. The molecule has 4 heteroatoms. The molecule has 0 saturated carbocycles. The molecule has 1 aromatic carbocycles. The van der Waals surface area contributed by atoms with Crippen LogP contribution >= 0.6 is 11.6 Å². The van der Waals surface area contributed by atoms with Crippen molar-refractivity contribution in [1.82, 2.24) is 9.97 Å². The van der Waals surface area contributed by atoms with Crippen LogP contribution in [0.2, 0.25) is 5.15 Å². The molecule has 0 aliphatic rings. The van der Waals surface area contributed by atoms with Gasteiger partial charge in [-0.05, 0) is 18.2 Å². The van der Waals surface area contributed by atoms with Crippen molar-refractivity contribution < 1.29 is 4.79 Å². The predicted octanol–water partition coefficient (Wildman–Crippen LogP) is 2.10. The van der Waals surface area contributed by atoms with Gasteiger partial charge >= 0.3 is 0 Å². The summed E-state index contributed by atoms with van der Waals surface area (Å²) in [5.74, 6) is 0. The third kappa shape index (κ3) is 1.51. The number of carbonyl (C=O) groups excluding carboxylic acids is 1. The molecular formula is C9H5ClN2O. The number of aromatic nitrogens is 2. The molecule has 0 spiro atoms. The van der Waals surface area contributed by atoms with E-state index in [0.29, 0.717) is 21.7 Å². The SMILES string of the molecule is O=Cc1ccc2nc(Cl)cnc2c1.